The van der Waals surface area contributed by atoms with Gasteiger partial charge in [0.25, 0.3) is 5.91 Å². The Balaban J connectivity index is 1.56. The fraction of sp³-hybridized carbons (Fsp3) is 0.583. The highest BCUT2D eigenvalue weighted by Crippen LogP contribution is 2.49. The molecule has 2 amide bonds. The lowest BCUT2D eigenvalue weighted by Gasteiger charge is -2.42. The van der Waals surface area contributed by atoms with E-state index in [-0.39, 0.29) is 18.6 Å². The first-order chi connectivity index (χ1) is 15.6. The molecule has 3 rings (SSSR count). The van der Waals surface area contributed by atoms with E-state index in [2.05, 4.69) is 29.0 Å². The van der Waals surface area contributed by atoms with E-state index in [1.54, 1.807) is 31.3 Å². The first kappa shape index (κ1) is 24.7. The molecule has 33 heavy (non-hydrogen) atoms. The zero-order chi connectivity index (χ0) is 24.2. The minimum Gasteiger partial charge on any atom is -0.548 e. The second kappa shape index (κ2) is 10.3. The Bertz CT molecular complexity index is 903. The van der Waals surface area contributed by atoms with Crippen LogP contribution in [0.1, 0.15) is 39.3 Å². The number of likely N-dealkylation sites (N-methyl/N-ethyl adjacent to an activating group) is 1. The van der Waals surface area contributed by atoms with Crippen molar-refractivity contribution in [3.05, 3.63) is 35.7 Å². The van der Waals surface area contributed by atoms with E-state index in [4.69, 9.17) is 4.74 Å². The quantitative estimate of drug-likeness (QED) is 0.410. The fourth-order valence-electron chi connectivity index (χ4n) is 4.45. The van der Waals surface area contributed by atoms with Gasteiger partial charge in [-0.1, -0.05) is 26.8 Å². The molecule has 0 radical (unpaired) electrons. The monoisotopic (exact) mass is 457 g/mol. The maximum Gasteiger partial charge on any atom is 0.407 e. The first-order valence-corrected chi connectivity index (χ1v) is 11.4. The van der Waals surface area contributed by atoms with Crippen molar-refractivity contribution in [3.63, 3.8) is 0 Å². The topological polar surface area (TPSA) is 115 Å². The minimum absolute atomic E-state index is 0.127. The number of ether oxygens (including phenoxy) is 1. The number of aromatic nitrogens is 1. The van der Waals surface area contributed by atoms with E-state index in [1.807, 2.05) is 13.1 Å². The molecule has 0 saturated carbocycles. The molecule has 2 aliphatic heterocycles. The number of nitrogens with zero attached hydrogens (tertiary/aromatic N) is 3. The lowest BCUT2D eigenvalue weighted by atomic mass is 9.81. The van der Waals surface area contributed by atoms with Crippen LogP contribution >= 0.6 is 0 Å². The number of carboxylic acids is 1. The van der Waals surface area contributed by atoms with Crippen molar-refractivity contribution in [2.75, 3.05) is 33.3 Å². The third-order valence-electron chi connectivity index (χ3n) is 6.37. The van der Waals surface area contributed by atoms with Crippen molar-refractivity contribution in [1.82, 2.24) is 20.1 Å². The Kier molecular flexibility index (Phi) is 7.73. The van der Waals surface area contributed by atoms with Crippen molar-refractivity contribution in [2.24, 2.45) is 11.3 Å². The van der Waals surface area contributed by atoms with Gasteiger partial charge in [-0.2, -0.15) is 0 Å². The van der Waals surface area contributed by atoms with E-state index in [1.165, 1.54) is 4.90 Å². The van der Waals surface area contributed by atoms with Crippen LogP contribution in [0.5, 0.6) is 0 Å². The van der Waals surface area contributed by atoms with Gasteiger partial charge < -0.3 is 29.8 Å². The summed E-state index contributed by atoms with van der Waals surface area (Å²) in [6.45, 7) is 7.98. The van der Waals surface area contributed by atoms with Gasteiger partial charge in [0.15, 0.2) is 0 Å². The number of carbonyl (C=O) groups excluding carboxylic acids is 3. The summed E-state index contributed by atoms with van der Waals surface area (Å²) in [5.74, 6) is -1.08. The molecule has 2 fully saturated rings. The number of carboxylic acid groups (broad SMARTS) is 1. The molecule has 9 nitrogen and oxygen atoms in total. The molecule has 180 valence electrons. The predicted molar refractivity (Wildman–Crippen MR) is 121 cm³/mol. The van der Waals surface area contributed by atoms with Crippen LogP contribution in [0.15, 0.2) is 30.0 Å². The standard InChI is InChI=1S/C24H34N4O5/c1-16(2)8-11-27(4)12-10-26-23(32)33-15-24(3)14-19-18(13-17-7-5-6-9-25-17)21(29)28(19)20(24)22(30)31/h5-7,9,13,16,19-20H,8,10-12,14-15H2,1-4H3,(H,26,32)(H,30,31)/p-1/b18-13+/t19?,20-,24-/m0/s1. The third kappa shape index (κ3) is 5.71. The van der Waals surface area contributed by atoms with Crippen LogP contribution in [0, 0.1) is 11.3 Å². The first-order valence-electron chi connectivity index (χ1n) is 11.4. The minimum atomic E-state index is -1.35. The smallest absolute Gasteiger partial charge is 0.407 e. The molecule has 2 saturated heterocycles. The molecule has 0 bridgehead atoms. The number of fused-ring (bicyclic) bond motifs is 1. The summed E-state index contributed by atoms with van der Waals surface area (Å²) in [6, 6.07) is 3.85. The van der Waals surface area contributed by atoms with Crippen molar-refractivity contribution >= 4 is 24.0 Å². The number of aliphatic carboxylic acids is 1. The Morgan fingerprint density at radius 3 is 2.79 bits per heavy atom. The second-order valence-electron chi connectivity index (χ2n) is 9.65. The highest BCUT2D eigenvalue weighted by atomic mass is 16.5. The van der Waals surface area contributed by atoms with Crippen molar-refractivity contribution < 1.29 is 24.2 Å². The lowest BCUT2D eigenvalue weighted by Crippen LogP contribution is -2.61. The second-order valence-corrected chi connectivity index (χ2v) is 9.65. The maximum absolute atomic E-state index is 12.7. The molecule has 2 aliphatic rings. The Hall–Kier alpha value is -2.94. The zero-order valence-corrected chi connectivity index (χ0v) is 19.7. The van der Waals surface area contributed by atoms with E-state index >= 15 is 0 Å². The molecule has 1 aromatic rings. The van der Waals surface area contributed by atoms with E-state index in [9.17, 15) is 19.5 Å². The molecular formula is C24H33N4O5-. The van der Waals surface area contributed by atoms with Gasteiger partial charge in [-0.15, -0.1) is 0 Å². The Labute approximate surface area is 194 Å². The molecule has 3 atom stereocenters. The van der Waals surface area contributed by atoms with Crippen LogP contribution in [0.3, 0.4) is 0 Å². The summed E-state index contributed by atoms with van der Waals surface area (Å²) in [7, 11) is 2.00. The number of amides is 2. The van der Waals surface area contributed by atoms with Crippen LogP contribution < -0.4 is 10.4 Å². The number of hydrogen-bond acceptors (Lipinski definition) is 7. The molecule has 9 heteroatoms. The van der Waals surface area contributed by atoms with Gasteiger partial charge in [0.1, 0.15) is 6.61 Å². The SMILES string of the molecule is CC(C)CCN(C)CCNC(=O)OC[C@]1(C)CC2/C(=C\c3ccccn3)C(=O)N2[C@H]1C(=O)[O-]. The number of rotatable bonds is 10. The molecule has 1 unspecified atom stereocenters. The fourth-order valence-corrected chi connectivity index (χ4v) is 4.45. The number of pyridine rings is 1. The molecular weight excluding hydrogens is 424 g/mol. The summed E-state index contributed by atoms with van der Waals surface area (Å²) in [5, 5.41) is 14.6. The average molecular weight is 458 g/mol. The Morgan fingerprint density at radius 2 is 2.15 bits per heavy atom. The van der Waals surface area contributed by atoms with Crippen LogP contribution in [-0.2, 0) is 14.3 Å². The van der Waals surface area contributed by atoms with Crippen LogP contribution in [-0.4, -0.2) is 78.1 Å². The number of alkyl carbamates (subject to hydrolysis) is 1. The van der Waals surface area contributed by atoms with Gasteiger partial charge in [-0.25, -0.2) is 4.79 Å². The Morgan fingerprint density at radius 1 is 1.39 bits per heavy atom. The highest BCUT2D eigenvalue weighted by molar-refractivity contribution is 6.08. The van der Waals surface area contributed by atoms with Crippen LogP contribution in [0.2, 0.25) is 0 Å². The van der Waals surface area contributed by atoms with Crippen molar-refractivity contribution in [3.8, 4) is 0 Å². The van der Waals surface area contributed by atoms with Gasteiger partial charge in [0.2, 0.25) is 0 Å². The van der Waals surface area contributed by atoms with Gasteiger partial charge in [-0.3, -0.25) is 9.78 Å². The molecule has 3 heterocycles. The highest BCUT2D eigenvalue weighted by Gasteiger charge is 2.60. The van der Waals surface area contributed by atoms with Gasteiger partial charge in [0, 0.05) is 30.3 Å². The number of β-lactam (4-membered cyclic amide) rings is 1. The summed E-state index contributed by atoms with van der Waals surface area (Å²) in [4.78, 5) is 44.5. The average Bonchev–Trinajstić information content (AvgIpc) is 3.05. The van der Waals surface area contributed by atoms with Crippen molar-refractivity contribution in [1.29, 1.82) is 0 Å². The normalized spacial score (nSPS) is 25.3. The largest absolute Gasteiger partial charge is 0.548 e. The molecule has 0 spiro atoms. The molecule has 0 aromatic carbocycles. The van der Waals surface area contributed by atoms with E-state index in [0.29, 0.717) is 36.7 Å². The molecule has 1 N–H and O–H groups in total. The maximum atomic E-state index is 12.7. The lowest BCUT2D eigenvalue weighted by molar-refractivity contribution is -0.314. The van der Waals surface area contributed by atoms with Crippen molar-refractivity contribution in [2.45, 2.75) is 45.7 Å². The number of hydrogen-bond donors (Lipinski definition) is 1. The number of carbonyl (C=O) groups is 3. The van der Waals surface area contributed by atoms with Gasteiger partial charge in [-0.05, 0) is 50.6 Å². The summed E-state index contributed by atoms with van der Waals surface area (Å²) in [6.07, 6.45) is 4.16. The van der Waals surface area contributed by atoms with E-state index < -0.39 is 23.5 Å². The predicted octanol–water partition coefficient (Wildman–Crippen LogP) is 0.908. The van der Waals surface area contributed by atoms with Crippen LogP contribution in [0.4, 0.5) is 4.79 Å². The number of nitrogens with one attached hydrogen (secondary N) is 1. The zero-order valence-electron chi connectivity index (χ0n) is 19.7. The summed E-state index contributed by atoms with van der Waals surface area (Å²) < 4.78 is 5.37. The third-order valence-corrected chi connectivity index (χ3v) is 6.37. The van der Waals surface area contributed by atoms with E-state index in [0.717, 1.165) is 13.0 Å². The van der Waals surface area contributed by atoms with Gasteiger partial charge >= 0.3 is 6.09 Å². The van der Waals surface area contributed by atoms with Gasteiger partial charge in [0.05, 0.1) is 23.7 Å². The van der Waals surface area contributed by atoms with Crippen LogP contribution in [0.25, 0.3) is 6.08 Å². The molecule has 1 aromatic heterocycles. The summed E-state index contributed by atoms with van der Waals surface area (Å²) >= 11 is 0. The summed E-state index contributed by atoms with van der Waals surface area (Å²) in [5.41, 5.74) is 0.190. The molecule has 0 aliphatic carbocycles.